The fraction of sp³-hybridized carbons (Fsp3) is 0.750. The lowest BCUT2D eigenvalue weighted by Crippen LogP contribution is -2.51. The number of hydrogen-bond acceptors (Lipinski definition) is 3. The first-order valence-electron chi connectivity index (χ1n) is 4.42. The Bertz CT molecular complexity index is 217. The summed E-state index contributed by atoms with van der Waals surface area (Å²) in [6, 6.07) is 0. The summed E-state index contributed by atoms with van der Waals surface area (Å²) in [6.45, 7) is 4.62. The van der Waals surface area contributed by atoms with Gasteiger partial charge in [-0.25, -0.2) is 0 Å². The Morgan fingerprint density at radius 1 is 1.54 bits per heavy atom. The minimum Gasteiger partial charge on any atom is -0.369 e. The van der Waals surface area contributed by atoms with E-state index in [1.165, 1.54) is 0 Å². The summed E-state index contributed by atoms with van der Waals surface area (Å²) in [5.74, 6) is -0.298. The van der Waals surface area contributed by atoms with Crippen molar-refractivity contribution < 1.29 is 9.59 Å². The summed E-state index contributed by atoms with van der Waals surface area (Å²) in [4.78, 5) is 25.5. The first-order chi connectivity index (χ1) is 6.13. The molecule has 5 nitrogen and oxygen atoms in total. The van der Waals surface area contributed by atoms with Gasteiger partial charge in [0.1, 0.15) is 0 Å². The number of nitrogens with two attached hydrogens (primary N) is 1. The monoisotopic (exact) mass is 185 g/mol. The summed E-state index contributed by atoms with van der Waals surface area (Å²) in [5.41, 5.74) is 5.03. The smallest absolute Gasteiger partial charge is 0.236 e. The number of nitrogens with zero attached hydrogens (tertiary/aromatic N) is 2. The molecular formula is C8H15N3O2. The van der Waals surface area contributed by atoms with Crippen molar-refractivity contribution in [3.63, 3.8) is 0 Å². The second-order valence-electron chi connectivity index (χ2n) is 3.15. The van der Waals surface area contributed by atoms with Crippen LogP contribution in [0.4, 0.5) is 0 Å². The molecule has 1 fully saturated rings. The Hall–Kier alpha value is -1.10. The van der Waals surface area contributed by atoms with Crippen molar-refractivity contribution in [1.29, 1.82) is 0 Å². The van der Waals surface area contributed by atoms with E-state index in [4.69, 9.17) is 5.73 Å². The highest BCUT2D eigenvalue weighted by molar-refractivity contribution is 5.81. The molecule has 1 saturated heterocycles. The van der Waals surface area contributed by atoms with Gasteiger partial charge in [0.2, 0.25) is 11.8 Å². The number of piperazine rings is 1. The van der Waals surface area contributed by atoms with Crippen LogP contribution in [0, 0.1) is 0 Å². The lowest BCUT2D eigenvalue weighted by atomic mass is 10.3. The average Bonchev–Trinajstić information content (AvgIpc) is 2.03. The zero-order chi connectivity index (χ0) is 9.84. The third-order valence-corrected chi connectivity index (χ3v) is 2.16. The molecule has 0 aromatic heterocycles. The highest BCUT2D eigenvalue weighted by Crippen LogP contribution is 2.01. The fourth-order valence-electron chi connectivity index (χ4n) is 1.45. The van der Waals surface area contributed by atoms with E-state index in [2.05, 4.69) is 0 Å². The number of hydrogen-bond donors (Lipinski definition) is 1. The molecule has 0 atom stereocenters. The second-order valence-corrected chi connectivity index (χ2v) is 3.15. The van der Waals surface area contributed by atoms with Gasteiger partial charge in [0.05, 0.1) is 13.1 Å². The largest absolute Gasteiger partial charge is 0.369 e. The fourth-order valence-corrected chi connectivity index (χ4v) is 1.45. The molecule has 1 aliphatic rings. The zero-order valence-corrected chi connectivity index (χ0v) is 7.82. The van der Waals surface area contributed by atoms with E-state index in [-0.39, 0.29) is 18.4 Å². The van der Waals surface area contributed by atoms with Crippen LogP contribution in [0.1, 0.15) is 6.92 Å². The molecule has 1 aliphatic heterocycles. The van der Waals surface area contributed by atoms with Crippen molar-refractivity contribution in [1.82, 2.24) is 9.80 Å². The first kappa shape index (κ1) is 9.98. The standard InChI is InChI=1S/C8H15N3O2/c1-2-11-4-3-10(5-7(9)12)6-8(11)13/h2-6H2,1H3,(H2,9,12). The molecule has 1 heterocycles. The van der Waals surface area contributed by atoms with Gasteiger partial charge in [-0.3, -0.25) is 14.5 Å². The van der Waals surface area contributed by atoms with Crippen LogP contribution >= 0.6 is 0 Å². The SMILES string of the molecule is CCN1CCN(CC(N)=O)CC1=O. The second kappa shape index (κ2) is 4.23. The molecule has 1 rings (SSSR count). The van der Waals surface area contributed by atoms with E-state index in [0.717, 1.165) is 13.1 Å². The Morgan fingerprint density at radius 3 is 2.69 bits per heavy atom. The van der Waals surface area contributed by atoms with E-state index < -0.39 is 0 Å². The zero-order valence-electron chi connectivity index (χ0n) is 7.82. The van der Waals surface area contributed by atoms with Gasteiger partial charge in [-0.05, 0) is 6.92 Å². The predicted octanol–water partition coefficient (Wildman–Crippen LogP) is -1.36. The van der Waals surface area contributed by atoms with Crippen molar-refractivity contribution in [2.24, 2.45) is 5.73 Å². The van der Waals surface area contributed by atoms with E-state index >= 15 is 0 Å². The van der Waals surface area contributed by atoms with E-state index in [0.29, 0.717) is 13.1 Å². The van der Waals surface area contributed by atoms with Crippen LogP contribution in [0.2, 0.25) is 0 Å². The van der Waals surface area contributed by atoms with Gasteiger partial charge in [-0.1, -0.05) is 0 Å². The molecule has 0 saturated carbocycles. The van der Waals surface area contributed by atoms with Crippen LogP contribution in [0.15, 0.2) is 0 Å². The Morgan fingerprint density at radius 2 is 2.23 bits per heavy atom. The number of rotatable bonds is 3. The number of primary amides is 1. The molecule has 0 unspecified atom stereocenters. The van der Waals surface area contributed by atoms with Crippen LogP contribution in [0.25, 0.3) is 0 Å². The predicted molar refractivity (Wildman–Crippen MR) is 47.9 cm³/mol. The van der Waals surface area contributed by atoms with Crippen molar-refractivity contribution in [2.45, 2.75) is 6.92 Å². The molecule has 5 heteroatoms. The molecular weight excluding hydrogens is 170 g/mol. The maximum Gasteiger partial charge on any atom is 0.236 e. The lowest BCUT2D eigenvalue weighted by molar-refractivity contribution is -0.136. The summed E-state index contributed by atoms with van der Waals surface area (Å²) in [7, 11) is 0. The minimum atomic E-state index is -0.377. The van der Waals surface area contributed by atoms with Gasteiger partial charge in [-0.2, -0.15) is 0 Å². The van der Waals surface area contributed by atoms with Gasteiger partial charge in [0.25, 0.3) is 0 Å². The Balaban J connectivity index is 2.41. The van der Waals surface area contributed by atoms with Crippen LogP contribution in [-0.4, -0.2) is 54.3 Å². The molecule has 0 aliphatic carbocycles. The molecule has 2 N–H and O–H groups in total. The van der Waals surface area contributed by atoms with Crippen molar-refractivity contribution >= 4 is 11.8 Å². The van der Waals surface area contributed by atoms with Crippen LogP contribution in [0.5, 0.6) is 0 Å². The van der Waals surface area contributed by atoms with Gasteiger partial charge >= 0.3 is 0 Å². The lowest BCUT2D eigenvalue weighted by Gasteiger charge is -2.32. The van der Waals surface area contributed by atoms with Crippen molar-refractivity contribution in [2.75, 3.05) is 32.7 Å². The van der Waals surface area contributed by atoms with Gasteiger partial charge in [0.15, 0.2) is 0 Å². The highest BCUT2D eigenvalue weighted by atomic mass is 16.2. The highest BCUT2D eigenvalue weighted by Gasteiger charge is 2.22. The molecule has 0 aromatic rings. The topological polar surface area (TPSA) is 66.6 Å². The molecule has 74 valence electrons. The summed E-state index contributed by atoms with van der Waals surface area (Å²) < 4.78 is 0. The normalized spacial score (nSPS) is 19.2. The maximum absolute atomic E-state index is 11.3. The van der Waals surface area contributed by atoms with E-state index in [1.54, 1.807) is 9.80 Å². The van der Waals surface area contributed by atoms with Crippen molar-refractivity contribution in [3.05, 3.63) is 0 Å². The third-order valence-electron chi connectivity index (χ3n) is 2.16. The van der Waals surface area contributed by atoms with E-state index in [1.807, 2.05) is 6.92 Å². The average molecular weight is 185 g/mol. The van der Waals surface area contributed by atoms with E-state index in [9.17, 15) is 9.59 Å². The number of likely N-dealkylation sites (N-methyl/N-ethyl adjacent to an activating group) is 1. The Labute approximate surface area is 77.5 Å². The van der Waals surface area contributed by atoms with Crippen LogP contribution in [0.3, 0.4) is 0 Å². The molecule has 0 spiro atoms. The molecule has 0 aromatic carbocycles. The third kappa shape index (κ3) is 2.69. The minimum absolute atomic E-state index is 0.0787. The summed E-state index contributed by atoms with van der Waals surface area (Å²) in [6.07, 6.45) is 0. The number of carbonyl (C=O) groups excluding carboxylic acids is 2. The summed E-state index contributed by atoms with van der Waals surface area (Å²) in [5, 5.41) is 0. The van der Waals surface area contributed by atoms with Gasteiger partial charge in [0, 0.05) is 19.6 Å². The van der Waals surface area contributed by atoms with Crippen LogP contribution in [-0.2, 0) is 9.59 Å². The maximum atomic E-state index is 11.3. The first-order valence-corrected chi connectivity index (χ1v) is 4.42. The van der Waals surface area contributed by atoms with Crippen LogP contribution < -0.4 is 5.73 Å². The molecule has 0 radical (unpaired) electrons. The molecule has 0 bridgehead atoms. The Kier molecular flexibility index (Phi) is 3.25. The summed E-state index contributed by atoms with van der Waals surface area (Å²) >= 11 is 0. The van der Waals surface area contributed by atoms with Gasteiger partial charge < -0.3 is 10.6 Å². The molecule has 13 heavy (non-hydrogen) atoms. The number of carbonyl (C=O) groups is 2. The quantitative estimate of drug-likeness (QED) is 0.590. The number of amides is 2. The van der Waals surface area contributed by atoms with Crippen molar-refractivity contribution in [3.8, 4) is 0 Å². The van der Waals surface area contributed by atoms with Gasteiger partial charge in [-0.15, -0.1) is 0 Å². The molecule has 2 amide bonds.